The number of ether oxygens (including phenoxy) is 4. The first-order valence-corrected chi connectivity index (χ1v) is 11.7. The maximum absolute atomic E-state index is 13.6. The third kappa shape index (κ3) is 3.99. The van der Waals surface area contributed by atoms with Gasteiger partial charge in [0.2, 0.25) is 0 Å². The quantitative estimate of drug-likeness (QED) is 0.526. The van der Waals surface area contributed by atoms with Crippen molar-refractivity contribution >= 4 is 5.82 Å². The maximum Gasteiger partial charge on any atom is 0.257 e. The average Bonchev–Trinajstić information content (AvgIpc) is 2.90. The smallest absolute Gasteiger partial charge is 0.257 e. The number of aromatic amines is 1. The molecule has 1 atom stereocenters. The highest BCUT2D eigenvalue weighted by atomic mass is 16.5. The van der Waals surface area contributed by atoms with Gasteiger partial charge < -0.3 is 29.2 Å². The molecule has 5 rings (SSSR count). The van der Waals surface area contributed by atoms with Crippen molar-refractivity contribution in [2.24, 2.45) is 0 Å². The van der Waals surface area contributed by atoms with Crippen molar-refractivity contribution in [3.63, 3.8) is 0 Å². The van der Waals surface area contributed by atoms with Crippen LogP contribution in [0.25, 0.3) is 11.4 Å². The van der Waals surface area contributed by atoms with Crippen molar-refractivity contribution < 1.29 is 18.9 Å². The van der Waals surface area contributed by atoms with E-state index in [4.69, 9.17) is 23.9 Å². The molecule has 1 unspecified atom stereocenters. The van der Waals surface area contributed by atoms with Crippen LogP contribution in [0.5, 0.6) is 23.0 Å². The molecule has 0 bridgehead atoms. The summed E-state index contributed by atoms with van der Waals surface area (Å²) < 4.78 is 21.8. The van der Waals surface area contributed by atoms with Crippen molar-refractivity contribution in [3.8, 4) is 34.4 Å². The molecule has 35 heavy (non-hydrogen) atoms. The summed E-state index contributed by atoms with van der Waals surface area (Å²) in [4.78, 5) is 21.5. The summed E-state index contributed by atoms with van der Waals surface area (Å²) in [5, 5.41) is 3.49. The Morgan fingerprint density at radius 2 is 1.49 bits per heavy atom. The molecule has 1 aliphatic heterocycles. The summed E-state index contributed by atoms with van der Waals surface area (Å²) in [5.74, 6) is 3.30. The van der Waals surface area contributed by atoms with Gasteiger partial charge in [-0.05, 0) is 67.2 Å². The molecule has 2 heterocycles. The van der Waals surface area contributed by atoms with Gasteiger partial charge >= 0.3 is 0 Å². The Kier molecular flexibility index (Phi) is 6.11. The summed E-state index contributed by atoms with van der Waals surface area (Å²) in [7, 11) is 6.40. The van der Waals surface area contributed by atoms with E-state index < -0.39 is 0 Å². The van der Waals surface area contributed by atoms with Crippen LogP contribution >= 0.6 is 0 Å². The van der Waals surface area contributed by atoms with E-state index in [1.54, 1.807) is 34.5 Å². The molecular weight excluding hydrogens is 446 g/mol. The molecule has 1 aliphatic carbocycles. The second kappa shape index (κ2) is 9.37. The zero-order valence-electron chi connectivity index (χ0n) is 20.4. The van der Waals surface area contributed by atoms with Gasteiger partial charge in [0.25, 0.3) is 5.56 Å². The molecule has 2 aromatic carbocycles. The van der Waals surface area contributed by atoms with E-state index in [1.165, 1.54) is 5.57 Å². The zero-order valence-corrected chi connectivity index (χ0v) is 20.4. The van der Waals surface area contributed by atoms with Gasteiger partial charge in [-0.3, -0.25) is 4.79 Å². The van der Waals surface area contributed by atoms with Crippen molar-refractivity contribution in [1.82, 2.24) is 9.97 Å². The van der Waals surface area contributed by atoms with Crippen LogP contribution in [-0.2, 0) is 0 Å². The highest BCUT2D eigenvalue weighted by Gasteiger charge is 2.34. The standard InChI is InChI=1S/C27H29N3O5/c1-32-19-11-9-15(13-21(19)34-3)23-17-7-5-6-8-18(17)28-26-24(23)27(31)30-25(29-26)16-10-12-20(33-2)22(14-16)35-4/h9-14,23H,5-8H2,1-4H3,(H2,28,29,30,31). The molecule has 1 aromatic heterocycles. The predicted octanol–water partition coefficient (Wildman–Crippen LogP) is 4.86. The molecule has 8 nitrogen and oxygen atoms in total. The Hall–Kier alpha value is -3.94. The van der Waals surface area contributed by atoms with Crippen LogP contribution in [0.4, 0.5) is 5.82 Å². The lowest BCUT2D eigenvalue weighted by Gasteiger charge is -2.34. The lowest BCUT2D eigenvalue weighted by molar-refractivity contribution is 0.354. The molecule has 0 spiro atoms. The maximum atomic E-state index is 13.6. The normalized spacial score (nSPS) is 16.6. The first kappa shape index (κ1) is 22.8. The van der Waals surface area contributed by atoms with E-state index >= 15 is 0 Å². The molecule has 0 radical (unpaired) electrons. The Labute approximate surface area is 203 Å². The molecule has 0 amide bonds. The number of nitrogens with zero attached hydrogens (tertiary/aromatic N) is 1. The number of allylic oxidation sites excluding steroid dienone is 2. The number of hydrogen-bond acceptors (Lipinski definition) is 7. The number of benzene rings is 2. The summed E-state index contributed by atoms with van der Waals surface area (Å²) in [6.45, 7) is 0. The highest BCUT2D eigenvalue weighted by molar-refractivity contribution is 5.68. The summed E-state index contributed by atoms with van der Waals surface area (Å²) >= 11 is 0. The second-order valence-corrected chi connectivity index (χ2v) is 8.63. The van der Waals surface area contributed by atoms with Crippen LogP contribution in [0, 0.1) is 0 Å². The van der Waals surface area contributed by atoms with E-state index in [-0.39, 0.29) is 11.5 Å². The lowest BCUT2D eigenvalue weighted by Crippen LogP contribution is -2.29. The number of nitrogens with one attached hydrogen (secondary N) is 2. The SMILES string of the molecule is COc1ccc(-c2nc3c(c(=O)[nH]2)C(c2ccc(OC)c(OC)c2)C2=C(CCCC2)N3)cc1OC. The monoisotopic (exact) mass is 475 g/mol. The molecule has 2 aliphatic rings. The van der Waals surface area contributed by atoms with Crippen molar-refractivity contribution in [1.29, 1.82) is 0 Å². The Morgan fingerprint density at radius 1 is 0.829 bits per heavy atom. The first-order valence-electron chi connectivity index (χ1n) is 11.7. The number of H-pyrrole nitrogens is 1. The fourth-order valence-electron chi connectivity index (χ4n) is 5.07. The zero-order chi connectivity index (χ0) is 24.5. The van der Waals surface area contributed by atoms with Gasteiger partial charge in [0.1, 0.15) is 11.6 Å². The van der Waals surface area contributed by atoms with Crippen molar-refractivity contribution in [3.05, 3.63) is 69.1 Å². The minimum Gasteiger partial charge on any atom is -0.493 e. The van der Waals surface area contributed by atoms with Crippen LogP contribution in [0.1, 0.15) is 42.7 Å². The molecule has 8 heteroatoms. The Balaban J connectivity index is 1.66. The molecule has 2 N–H and O–H groups in total. The van der Waals surface area contributed by atoms with Gasteiger partial charge in [0.15, 0.2) is 23.0 Å². The minimum atomic E-state index is -0.211. The van der Waals surface area contributed by atoms with Gasteiger partial charge in [-0.25, -0.2) is 4.98 Å². The van der Waals surface area contributed by atoms with E-state index in [0.29, 0.717) is 40.2 Å². The van der Waals surface area contributed by atoms with E-state index in [2.05, 4.69) is 10.3 Å². The van der Waals surface area contributed by atoms with Crippen molar-refractivity contribution in [2.45, 2.75) is 31.6 Å². The van der Waals surface area contributed by atoms with Gasteiger partial charge in [0.05, 0.1) is 34.0 Å². The molecular formula is C27H29N3O5. The lowest BCUT2D eigenvalue weighted by atomic mass is 9.77. The molecule has 0 saturated carbocycles. The Bertz CT molecular complexity index is 1360. The third-order valence-electron chi connectivity index (χ3n) is 6.77. The van der Waals surface area contributed by atoms with Crippen LogP contribution in [0.15, 0.2) is 52.5 Å². The van der Waals surface area contributed by atoms with E-state index in [9.17, 15) is 4.79 Å². The average molecular weight is 476 g/mol. The van der Waals surface area contributed by atoms with Gasteiger partial charge in [-0.2, -0.15) is 0 Å². The molecule has 0 saturated heterocycles. The highest BCUT2D eigenvalue weighted by Crippen LogP contribution is 2.46. The second-order valence-electron chi connectivity index (χ2n) is 8.63. The predicted molar refractivity (Wildman–Crippen MR) is 134 cm³/mol. The first-order chi connectivity index (χ1) is 17.1. The fourth-order valence-corrected chi connectivity index (χ4v) is 5.07. The largest absolute Gasteiger partial charge is 0.493 e. The van der Waals surface area contributed by atoms with E-state index in [0.717, 1.165) is 42.5 Å². The summed E-state index contributed by atoms with van der Waals surface area (Å²) in [6, 6.07) is 11.3. The van der Waals surface area contributed by atoms with Crippen molar-refractivity contribution in [2.75, 3.05) is 33.8 Å². The van der Waals surface area contributed by atoms with Gasteiger partial charge in [-0.1, -0.05) is 6.07 Å². The fraction of sp³-hybridized carbons (Fsp3) is 0.333. The molecule has 3 aromatic rings. The summed E-state index contributed by atoms with van der Waals surface area (Å²) in [5.41, 5.74) is 4.54. The van der Waals surface area contributed by atoms with Gasteiger partial charge in [-0.15, -0.1) is 0 Å². The Morgan fingerprint density at radius 3 is 2.20 bits per heavy atom. The number of rotatable bonds is 6. The van der Waals surface area contributed by atoms with Crippen LogP contribution < -0.4 is 29.8 Å². The van der Waals surface area contributed by atoms with Crippen LogP contribution in [0.3, 0.4) is 0 Å². The van der Waals surface area contributed by atoms with Crippen LogP contribution in [-0.4, -0.2) is 38.4 Å². The summed E-state index contributed by atoms with van der Waals surface area (Å²) in [6.07, 6.45) is 4.05. The molecule has 182 valence electrons. The van der Waals surface area contributed by atoms with Crippen LogP contribution in [0.2, 0.25) is 0 Å². The number of methoxy groups -OCH3 is 4. The number of hydrogen-bond donors (Lipinski definition) is 2. The third-order valence-corrected chi connectivity index (χ3v) is 6.77. The van der Waals surface area contributed by atoms with E-state index in [1.807, 2.05) is 30.3 Å². The topological polar surface area (TPSA) is 94.7 Å². The number of aromatic nitrogens is 2. The number of fused-ring (bicyclic) bond motifs is 1. The number of anilines is 1. The minimum absolute atomic E-state index is 0.177. The molecule has 0 fully saturated rings. The van der Waals surface area contributed by atoms with Gasteiger partial charge in [0, 0.05) is 17.2 Å².